The first-order valence-corrected chi connectivity index (χ1v) is 23.3. The van der Waals surface area contributed by atoms with Gasteiger partial charge in [0.2, 0.25) is 0 Å². The molecule has 0 aliphatic heterocycles. The van der Waals surface area contributed by atoms with E-state index < -0.39 is 42.1 Å². The predicted molar refractivity (Wildman–Crippen MR) is 222 cm³/mol. The molecular formula is C46H40O4Sb2. The summed E-state index contributed by atoms with van der Waals surface area (Å²) in [4.78, 5) is 0. The molecule has 0 radical (unpaired) electrons. The van der Waals surface area contributed by atoms with Crippen molar-refractivity contribution in [1.29, 1.82) is 0 Å². The van der Waals surface area contributed by atoms with Gasteiger partial charge in [-0.25, -0.2) is 0 Å². The molecule has 0 unspecified atom stereocenters. The van der Waals surface area contributed by atoms with Gasteiger partial charge in [0.1, 0.15) is 0 Å². The molecule has 5 aromatic rings. The Kier molecular flexibility index (Phi) is 15.1. The average molecular weight is 900 g/mol. The second-order valence-corrected chi connectivity index (χ2v) is 19.0. The summed E-state index contributed by atoms with van der Waals surface area (Å²) >= 11 is -6.13. The van der Waals surface area contributed by atoms with Crippen LogP contribution < -0.4 is 19.1 Å². The van der Waals surface area contributed by atoms with E-state index in [0.29, 0.717) is 0 Å². The van der Waals surface area contributed by atoms with Crippen LogP contribution in [0.5, 0.6) is 23.0 Å². The molecule has 0 fully saturated rings. The Morgan fingerprint density at radius 1 is 0.308 bits per heavy atom. The first-order valence-electron chi connectivity index (χ1n) is 16.6. The fraction of sp³-hybridized carbons (Fsp3) is 0. The summed E-state index contributed by atoms with van der Waals surface area (Å²) in [5.74, 6) is 3.03. The quantitative estimate of drug-likeness (QED) is 0.0649. The standard InChI is InChI=1S/4C10H10O.C6H4.2Sb/c4*1-2-3-4-9-5-7-10(11)8-6-9;1-2-4-6-5-3-1;;/h4*2-8,11H,1H2;1-2,5-6H;;/q;;;;;2*+2/p-4. The van der Waals surface area contributed by atoms with Crippen molar-refractivity contribution >= 4 is 73.4 Å². The van der Waals surface area contributed by atoms with Crippen LogP contribution in [0.15, 0.2) is 196 Å². The van der Waals surface area contributed by atoms with E-state index in [9.17, 15) is 0 Å². The van der Waals surface area contributed by atoms with Crippen LogP contribution >= 0.6 is 0 Å². The van der Waals surface area contributed by atoms with Crippen molar-refractivity contribution in [2.75, 3.05) is 0 Å². The second kappa shape index (κ2) is 20.6. The van der Waals surface area contributed by atoms with Crippen LogP contribution in [0.25, 0.3) is 24.3 Å². The average Bonchev–Trinajstić information content (AvgIpc) is 3.19. The third-order valence-corrected chi connectivity index (χ3v) is 15.7. The summed E-state index contributed by atoms with van der Waals surface area (Å²) < 4.78 is 28.6. The molecule has 0 N–H and O–H groups in total. The van der Waals surface area contributed by atoms with E-state index >= 15 is 0 Å². The molecule has 0 spiro atoms. The van der Waals surface area contributed by atoms with Gasteiger partial charge in [0.05, 0.1) is 0 Å². The molecule has 0 aromatic heterocycles. The SMILES string of the molecule is C=CC=Cc1ccc([O][Sb]([O]c2ccc(C=CC=C)cc2)[c]2cc[c]([Sb]([O]c3ccc(C=CC=C)cc3)[O]c3ccc(C=CC=C)cc3)cc2)cc1. The van der Waals surface area contributed by atoms with Gasteiger partial charge in [-0.1, -0.05) is 0 Å². The maximum atomic E-state index is 6.65. The normalized spacial score (nSPS) is 11.4. The van der Waals surface area contributed by atoms with E-state index in [1.165, 1.54) is 0 Å². The van der Waals surface area contributed by atoms with Gasteiger partial charge in [-0.2, -0.15) is 0 Å². The van der Waals surface area contributed by atoms with Crippen LogP contribution in [0.4, 0.5) is 0 Å². The number of allylic oxidation sites excluding steroid dienone is 8. The molecule has 5 rings (SSSR count). The fourth-order valence-corrected chi connectivity index (χ4v) is 11.8. The van der Waals surface area contributed by atoms with Gasteiger partial charge in [0.25, 0.3) is 0 Å². The topological polar surface area (TPSA) is 36.9 Å². The molecule has 0 atom stereocenters. The van der Waals surface area contributed by atoms with Crippen molar-refractivity contribution in [2.45, 2.75) is 0 Å². The van der Waals surface area contributed by atoms with E-state index in [-0.39, 0.29) is 0 Å². The van der Waals surface area contributed by atoms with E-state index in [2.05, 4.69) is 50.6 Å². The Balaban J connectivity index is 1.43. The van der Waals surface area contributed by atoms with Crippen molar-refractivity contribution in [2.24, 2.45) is 0 Å². The maximum absolute atomic E-state index is 6.65. The molecule has 6 heteroatoms. The van der Waals surface area contributed by atoms with E-state index in [4.69, 9.17) is 12.1 Å². The summed E-state index contributed by atoms with van der Waals surface area (Å²) in [7, 11) is 0. The van der Waals surface area contributed by atoms with Crippen molar-refractivity contribution in [3.63, 3.8) is 0 Å². The zero-order valence-electron chi connectivity index (χ0n) is 28.8. The third kappa shape index (κ3) is 12.0. The Labute approximate surface area is 324 Å². The van der Waals surface area contributed by atoms with Gasteiger partial charge in [-0.05, 0) is 0 Å². The molecular weight excluding hydrogens is 860 g/mol. The molecule has 0 amide bonds. The van der Waals surface area contributed by atoms with Crippen LogP contribution in [-0.2, 0) is 0 Å². The molecule has 0 aliphatic carbocycles. The van der Waals surface area contributed by atoms with Crippen LogP contribution in [0.1, 0.15) is 22.3 Å². The molecule has 0 saturated carbocycles. The molecule has 5 aromatic carbocycles. The van der Waals surface area contributed by atoms with Gasteiger partial charge >= 0.3 is 327 Å². The van der Waals surface area contributed by atoms with Crippen molar-refractivity contribution in [1.82, 2.24) is 0 Å². The van der Waals surface area contributed by atoms with E-state index in [1.807, 2.05) is 146 Å². The van der Waals surface area contributed by atoms with Gasteiger partial charge in [0.15, 0.2) is 0 Å². The molecule has 0 aliphatic rings. The van der Waals surface area contributed by atoms with Gasteiger partial charge < -0.3 is 0 Å². The van der Waals surface area contributed by atoms with Crippen molar-refractivity contribution in [3.05, 3.63) is 219 Å². The number of hydrogen-bond donors (Lipinski definition) is 0. The van der Waals surface area contributed by atoms with Crippen LogP contribution in [0.2, 0.25) is 0 Å². The van der Waals surface area contributed by atoms with Crippen LogP contribution in [0, 0.1) is 0 Å². The summed E-state index contributed by atoms with van der Waals surface area (Å²) in [6.07, 6.45) is 22.7. The van der Waals surface area contributed by atoms with Gasteiger partial charge in [0, 0.05) is 0 Å². The number of benzene rings is 5. The van der Waals surface area contributed by atoms with Crippen LogP contribution in [0.3, 0.4) is 0 Å². The van der Waals surface area contributed by atoms with Crippen molar-refractivity contribution < 1.29 is 12.1 Å². The Hall–Kier alpha value is -5.14. The zero-order chi connectivity index (χ0) is 36.4. The molecule has 0 bridgehead atoms. The molecule has 0 heterocycles. The summed E-state index contributed by atoms with van der Waals surface area (Å²) in [6, 6.07) is 40.4. The molecule has 52 heavy (non-hydrogen) atoms. The van der Waals surface area contributed by atoms with Gasteiger partial charge in [-0.15, -0.1) is 0 Å². The minimum atomic E-state index is -3.07. The monoisotopic (exact) mass is 898 g/mol. The van der Waals surface area contributed by atoms with E-state index in [0.717, 1.165) is 52.3 Å². The number of hydrogen-bond acceptors (Lipinski definition) is 4. The van der Waals surface area contributed by atoms with Gasteiger partial charge in [-0.3, -0.25) is 0 Å². The molecule has 0 saturated heterocycles. The molecule has 258 valence electrons. The van der Waals surface area contributed by atoms with Crippen molar-refractivity contribution in [3.8, 4) is 23.0 Å². The summed E-state index contributed by atoms with van der Waals surface area (Å²) in [5, 5.41) is 0. The predicted octanol–water partition coefficient (Wildman–Crippen LogP) is 10.2. The minimum absolute atomic E-state index is 0.757. The summed E-state index contributed by atoms with van der Waals surface area (Å²) in [5.41, 5.74) is 4.25. The first kappa shape index (κ1) is 38.1. The van der Waals surface area contributed by atoms with Crippen LogP contribution in [-0.4, -0.2) is 42.1 Å². The van der Waals surface area contributed by atoms with E-state index in [1.54, 1.807) is 24.3 Å². The Morgan fingerprint density at radius 2 is 0.519 bits per heavy atom. The Bertz CT molecular complexity index is 1750. The first-order chi connectivity index (χ1) is 25.6. The second-order valence-electron chi connectivity index (χ2n) is 11.1. The fourth-order valence-electron chi connectivity index (χ4n) is 4.60. The number of rotatable bonds is 18. The molecule has 4 nitrogen and oxygen atoms in total. The Morgan fingerprint density at radius 3 is 0.712 bits per heavy atom. The third-order valence-electron chi connectivity index (χ3n) is 7.24. The summed E-state index contributed by atoms with van der Waals surface area (Å²) in [6.45, 7) is 15.0. The zero-order valence-corrected chi connectivity index (χ0v) is 33.9.